The van der Waals surface area contributed by atoms with Gasteiger partial charge in [-0.3, -0.25) is 10.1 Å². The SMILES string of the molecule is CCC(C)c1ccc(Cl)cc1[N+](=O)[O-]. The quantitative estimate of drug-likeness (QED) is 0.567. The molecule has 14 heavy (non-hydrogen) atoms. The molecule has 76 valence electrons. The zero-order valence-corrected chi connectivity index (χ0v) is 8.91. The fourth-order valence-electron chi connectivity index (χ4n) is 1.31. The van der Waals surface area contributed by atoms with Crippen LogP contribution in [-0.2, 0) is 0 Å². The first-order chi connectivity index (χ1) is 6.56. The van der Waals surface area contributed by atoms with Gasteiger partial charge in [-0.1, -0.05) is 31.5 Å². The Morgan fingerprint density at radius 3 is 2.71 bits per heavy atom. The maximum atomic E-state index is 10.7. The highest BCUT2D eigenvalue weighted by atomic mass is 35.5. The summed E-state index contributed by atoms with van der Waals surface area (Å²) >= 11 is 5.70. The molecule has 0 spiro atoms. The summed E-state index contributed by atoms with van der Waals surface area (Å²) in [5.41, 5.74) is 0.869. The van der Waals surface area contributed by atoms with Gasteiger partial charge >= 0.3 is 0 Å². The van der Waals surface area contributed by atoms with E-state index in [1.54, 1.807) is 12.1 Å². The van der Waals surface area contributed by atoms with Crippen LogP contribution in [0.15, 0.2) is 18.2 Å². The smallest absolute Gasteiger partial charge is 0.258 e. The number of hydrogen-bond donors (Lipinski definition) is 0. The van der Waals surface area contributed by atoms with Gasteiger partial charge in [0.15, 0.2) is 0 Å². The van der Waals surface area contributed by atoms with Crippen molar-refractivity contribution in [2.75, 3.05) is 0 Å². The number of nitro groups is 1. The van der Waals surface area contributed by atoms with Gasteiger partial charge in [-0.2, -0.15) is 0 Å². The van der Waals surface area contributed by atoms with Crippen LogP contribution in [0.5, 0.6) is 0 Å². The van der Waals surface area contributed by atoms with Crippen molar-refractivity contribution < 1.29 is 4.92 Å². The fourth-order valence-corrected chi connectivity index (χ4v) is 1.48. The molecule has 0 N–H and O–H groups in total. The van der Waals surface area contributed by atoms with Crippen molar-refractivity contribution in [1.82, 2.24) is 0 Å². The van der Waals surface area contributed by atoms with E-state index in [2.05, 4.69) is 0 Å². The highest BCUT2D eigenvalue weighted by Gasteiger charge is 2.17. The number of benzene rings is 1. The minimum absolute atomic E-state index is 0.117. The van der Waals surface area contributed by atoms with Crippen molar-refractivity contribution in [3.8, 4) is 0 Å². The van der Waals surface area contributed by atoms with E-state index in [1.807, 2.05) is 13.8 Å². The Hall–Kier alpha value is -1.09. The van der Waals surface area contributed by atoms with Crippen molar-refractivity contribution in [2.24, 2.45) is 0 Å². The van der Waals surface area contributed by atoms with Crippen molar-refractivity contribution in [1.29, 1.82) is 0 Å². The topological polar surface area (TPSA) is 43.1 Å². The van der Waals surface area contributed by atoms with Crippen LogP contribution in [-0.4, -0.2) is 4.92 Å². The second kappa shape index (κ2) is 4.42. The lowest BCUT2D eigenvalue weighted by Gasteiger charge is -2.09. The average Bonchev–Trinajstić information content (AvgIpc) is 2.16. The zero-order valence-electron chi connectivity index (χ0n) is 8.16. The Morgan fingerprint density at radius 1 is 1.57 bits per heavy atom. The van der Waals surface area contributed by atoms with Gasteiger partial charge in [-0.05, 0) is 18.4 Å². The van der Waals surface area contributed by atoms with E-state index in [-0.39, 0.29) is 16.5 Å². The van der Waals surface area contributed by atoms with Gasteiger partial charge in [0.25, 0.3) is 5.69 Å². The number of halogens is 1. The molecule has 4 heteroatoms. The van der Waals surface area contributed by atoms with Crippen molar-refractivity contribution in [2.45, 2.75) is 26.2 Å². The van der Waals surface area contributed by atoms with Gasteiger partial charge in [0.1, 0.15) is 0 Å². The highest BCUT2D eigenvalue weighted by molar-refractivity contribution is 6.30. The molecule has 0 aliphatic rings. The van der Waals surface area contributed by atoms with E-state index in [1.165, 1.54) is 6.07 Å². The predicted octanol–water partition coefficient (Wildman–Crippen LogP) is 3.76. The minimum Gasteiger partial charge on any atom is -0.258 e. The molecule has 0 saturated carbocycles. The van der Waals surface area contributed by atoms with Gasteiger partial charge < -0.3 is 0 Å². The molecule has 0 saturated heterocycles. The van der Waals surface area contributed by atoms with Crippen LogP contribution in [0.3, 0.4) is 0 Å². The first kappa shape index (κ1) is 11.0. The Morgan fingerprint density at radius 2 is 2.21 bits per heavy atom. The largest absolute Gasteiger partial charge is 0.274 e. The lowest BCUT2D eigenvalue weighted by Crippen LogP contribution is -1.98. The molecular formula is C10H12ClNO2. The van der Waals surface area contributed by atoms with Gasteiger partial charge in [0.2, 0.25) is 0 Å². The first-order valence-electron chi connectivity index (χ1n) is 4.50. The van der Waals surface area contributed by atoms with E-state index >= 15 is 0 Å². The Kier molecular flexibility index (Phi) is 3.47. The van der Waals surface area contributed by atoms with E-state index in [0.29, 0.717) is 5.02 Å². The Balaban J connectivity index is 3.21. The van der Waals surface area contributed by atoms with Gasteiger partial charge in [-0.15, -0.1) is 0 Å². The van der Waals surface area contributed by atoms with Crippen LogP contribution in [0.2, 0.25) is 5.02 Å². The predicted molar refractivity (Wildman–Crippen MR) is 56.8 cm³/mol. The summed E-state index contributed by atoms with van der Waals surface area (Å²) in [5.74, 6) is 0.188. The maximum Gasteiger partial charge on any atom is 0.274 e. The van der Waals surface area contributed by atoms with Crippen LogP contribution >= 0.6 is 11.6 Å². The summed E-state index contributed by atoms with van der Waals surface area (Å²) in [7, 11) is 0. The second-order valence-electron chi connectivity index (χ2n) is 3.27. The number of nitrogens with zero attached hydrogens (tertiary/aromatic N) is 1. The molecule has 0 fully saturated rings. The van der Waals surface area contributed by atoms with Crippen molar-refractivity contribution in [3.05, 3.63) is 38.9 Å². The minimum atomic E-state index is -0.382. The highest BCUT2D eigenvalue weighted by Crippen LogP contribution is 2.30. The molecule has 1 aromatic carbocycles. The van der Waals surface area contributed by atoms with Gasteiger partial charge in [0.05, 0.1) is 4.92 Å². The molecule has 1 rings (SSSR count). The lowest BCUT2D eigenvalue weighted by molar-refractivity contribution is -0.385. The molecule has 0 aromatic heterocycles. The fraction of sp³-hybridized carbons (Fsp3) is 0.400. The zero-order chi connectivity index (χ0) is 10.7. The second-order valence-corrected chi connectivity index (χ2v) is 3.71. The lowest BCUT2D eigenvalue weighted by atomic mass is 9.97. The van der Waals surface area contributed by atoms with Crippen molar-refractivity contribution >= 4 is 17.3 Å². The monoisotopic (exact) mass is 213 g/mol. The summed E-state index contributed by atoms with van der Waals surface area (Å²) in [4.78, 5) is 10.4. The van der Waals surface area contributed by atoms with Crippen LogP contribution in [0, 0.1) is 10.1 Å². The van der Waals surface area contributed by atoms with Crippen LogP contribution in [0.1, 0.15) is 31.7 Å². The Labute approximate surface area is 87.8 Å². The molecule has 3 nitrogen and oxygen atoms in total. The molecule has 1 atom stereocenters. The third kappa shape index (κ3) is 2.23. The summed E-state index contributed by atoms with van der Waals surface area (Å²) in [6, 6.07) is 4.83. The number of hydrogen-bond acceptors (Lipinski definition) is 2. The van der Waals surface area contributed by atoms with Crippen LogP contribution in [0.4, 0.5) is 5.69 Å². The van der Waals surface area contributed by atoms with Crippen LogP contribution in [0.25, 0.3) is 0 Å². The number of nitro benzene ring substituents is 1. The molecule has 0 heterocycles. The molecule has 0 amide bonds. The summed E-state index contributed by atoms with van der Waals surface area (Å²) in [5, 5.41) is 11.1. The average molecular weight is 214 g/mol. The molecule has 0 radical (unpaired) electrons. The molecule has 0 aliphatic heterocycles. The van der Waals surface area contributed by atoms with E-state index in [9.17, 15) is 10.1 Å². The van der Waals surface area contributed by atoms with Crippen molar-refractivity contribution in [3.63, 3.8) is 0 Å². The molecule has 0 aliphatic carbocycles. The summed E-state index contributed by atoms with van der Waals surface area (Å²) < 4.78 is 0. The third-order valence-corrected chi connectivity index (χ3v) is 2.57. The standard InChI is InChI=1S/C10H12ClNO2/c1-3-7(2)9-5-4-8(11)6-10(9)12(13)14/h4-7H,3H2,1-2H3. The molecule has 0 bridgehead atoms. The molecule has 1 aromatic rings. The van der Waals surface area contributed by atoms with E-state index in [0.717, 1.165) is 12.0 Å². The first-order valence-corrected chi connectivity index (χ1v) is 4.88. The number of rotatable bonds is 3. The molecule has 1 unspecified atom stereocenters. The summed E-state index contributed by atoms with van der Waals surface area (Å²) in [6.07, 6.45) is 0.877. The summed E-state index contributed by atoms with van der Waals surface area (Å²) in [6.45, 7) is 3.97. The van der Waals surface area contributed by atoms with Gasteiger partial charge in [-0.25, -0.2) is 0 Å². The van der Waals surface area contributed by atoms with Crippen LogP contribution < -0.4 is 0 Å². The third-order valence-electron chi connectivity index (χ3n) is 2.33. The van der Waals surface area contributed by atoms with E-state index < -0.39 is 0 Å². The molecular weight excluding hydrogens is 202 g/mol. The van der Waals surface area contributed by atoms with E-state index in [4.69, 9.17) is 11.6 Å². The normalized spacial score (nSPS) is 12.5. The maximum absolute atomic E-state index is 10.7. The Bertz CT molecular complexity index is 352. The van der Waals surface area contributed by atoms with Gasteiger partial charge in [0, 0.05) is 16.7 Å².